The van der Waals surface area contributed by atoms with Crippen molar-refractivity contribution >= 4 is 24.0 Å². The van der Waals surface area contributed by atoms with Gasteiger partial charge in [-0.1, -0.05) is 31.6 Å². The van der Waals surface area contributed by atoms with E-state index >= 15 is 0 Å². The van der Waals surface area contributed by atoms with Gasteiger partial charge in [0.2, 0.25) is 6.41 Å². The maximum absolute atomic E-state index is 14.5. The number of carbonyl (C=O) groups excluding carboxylic acids is 1. The van der Waals surface area contributed by atoms with Gasteiger partial charge >= 0.3 is 0 Å². The number of methoxy groups -OCH3 is 1. The van der Waals surface area contributed by atoms with Crippen LogP contribution >= 0.6 is 11.9 Å². The van der Waals surface area contributed by atoms with E-state index in [1.165, 1.54) is 36.1 Å². The molecular formula is C27H35F2N3O2S. The monoisotopic (exact) mass is 503 g/mol. The lowest BCUT2D eigenvalue weighted by atomic mass is 10.1. The molecule has 2 aromatic carbocycles. The Morgan fingerprint density at radius 2 is 1.86 bits per heavy atom. The molecule has 0 saturated heterocycles. The molecule has 2 atom stereocenters. The van der Waals surface area contributed by atoms with E-state index in [1.54, 1.807) is 25.2 Å². The highest BCUT2D eigenvalue weighted by Gasteiger charge is 2.39. The molecule has 1 aliphatic carbocycles. The van der Waals surface area contributed by atoms with E-state index in [4.69, 9.17) is 4.74 Å². The van der Waals surface area contributed by atoms with Crippen LogP contribution in [0.1, 0.15) is 51.2 Å². The Morgan fingerprint density at radius 3 is 2.43 bits per heavy atom. The van der Waals surface area contributed by atoms with Gasteiger partial charge in [0.15, 0.2) is 11.6 Å². The summed E-state index contributed by atoms with van der Waals surface area (Å²) in [6, 6.07) is 9.93. The zero-order valence-electron chi connectivity index (χ0n) is 21.4. The molecule has 1 saturated carbocycles. The number of aryl methyl sites for hydroxylation is 1. The van der Waals surface area contributed by atoms with Crippen LogP contribution in [0.15, 0.2) is 59.6 Å². The molecule has 5 nitrogen and oxygen atoms in total. The fraction of sp³-hybridized carbons (Fsp3) is 0.370. The quantitative estimate of drug-likeness (QED) is 0.214. The Balaban J connectivity index is 0.00000210. The highest BCUT2D eigenvalue weighted by molar-refractivity contribution is 7.98. The molecule has 1 aliphatic rings. The summed E-state index contributed by atoms with van der Waals surface area (Å²) in [5.41, 5.74) is 3.64. The molecule has 1 amide bonds. The number of benzene rings is 2. The second-order valence-corrected chi connectivity index (χ2v) is 9.35. The molecular weight excluding hydrogens is 468 g/mol. The second-order valence-electron chi connectivity index (χ2n) is 8.30. The Morgan fingerprint density at radius 1 is 1.14 bits per heavy atom. The van der Waals surface area contributed by atoms with E-state index < -0.39 is 5.82 Å². The molecule has 3 rings (SSSR count). The molecule has 35 heavy (non-hydrogen) atoms. The van der Waals surface area contributed by atoms with Gasteiger partial charge in [0.25, 0.3) is 0 Å². The van der Waals surface area contributed by atoms with Crippen LogP contribution in [-0.4, -0.2) is 30.7 Å². The van der Waals surface area contributed by atoms with Crippen molar-refractivity contribution < 1.29 is 18.3 Å². The van der Waals surface area contributed by atoms with Gasteiger partial charge in [0.1, 0.15) is 11.6 Å². The maximum Gasteiger partial charge on any atom is 0.215 e. The fourth-order valence-electron chi connectivity index (χ4n) is 3.39. The molecule has 2 unspecified atom stereocenters. The van der Waals surface area contributed by atoms with Gasteiger partial charge in [0, 0.05) is 12.3 Å². The van der Waals surface area contributed by atoms with Gasteiger partial charge in [-0.3, -0.25) is 4.79 Å². The van der Waals surface area contributed by atoms with Crippen LogP contribution in [-0.2, 0) is 4.79 Å². The van der Waals surface area contributed by atoms with Crippen LogP contribution in [0.25, 0.3) is 0 Å². The van der Waals surface area contributed by atoms with Gasteiger partial charge in [-0.2, -0.15) is 0 Å². The summed E-state index contributed by atoms with van der Waals surface area (Å²) in [5, 5.41) is 3.29. The van der Waals surface area contributed by atoms with Gasteiger partial charge in [-0.25, -0.2) is 8.78 Å². The number of hydrogen-bond donors (Lipinski definition) is 2. The predicted octanol–water partition coefficient (Wildman–Crippen LogP) is 6.74. The summed E-state index contributed by atoms with van der Waals surface area (Å²) < 4.78 is 36.9. The zero-order valence-corrected chi connectivity index (χ0v) is 22.2. The van der Waals surface area contributed by atoms with Crippen molar-refractivity contribution in [3.05, 3.63) is 82.3 Å². The van der Waals surface area contributed by atoms with E-state index in [0.717, 1.165) is 23.1 Å². The lowest BCUT2D eigenvalue weighted by molar-refractivity contribution is -0.115. The lowest BCUT2D eigenvalue weighted by Crippen LogP contribution is -2.26. The molecule has 0 aliphatic heterocycles. The average molecular weight is 504 g/mol. The van der Waals surface area contributed by atoms with Crippen LogP contribution in [0, 0.1) is 18.6 Å². The molecule has 2 N–H and O–H groups in total. The first kappa shape index (κ1) is 28.2. The van der Waals surface area contributed by atoms with Crippen molar-refractivity contribution in [2.24, 2.45) is 0 Å². The largest absolute Gasteiger partial charge is 0.494 e. The van der Waals surface area contributed by atoms with E-state index in [-0.39, 0.29) is 28.4 Å². The van der Waals surface area contributed by atoms with Crippen molar-refractivity contribution in [3.8, 4) is 5.75 Å². The Kier molecular flexibility index (Phi) is 10.6. The van der Waals surface area contributed by atoms with E-state index in [0.29, 0.717) is 17.9 Å². The first-order chi connectivity index (χ1) is 16.7. The lowest BCUT2D eigenvalue weighted by Gasteiger charge is -2.22. The van der Waals surface area contributed by atoms with Crippen LogP contribution in [0.4, 0.5) is 14.5 Å². The first-order valence-electron chi connectivity index (χ1n) is 11.6. The molecule has 0 aromatic heterocycles. The van der Waals surface area contributed by atoms with E-state index in [1.807, 2.05) is 46.8 Å². The molecule has 0 radical (unpaired) electrons. The number of nitrogens with one attached hydrogen (secondary N) is 2. The number of halogens is 2. The Bertz CT molecular complexity index is 1080. The highest BCUT2D eigenvalue weighted by atomic mass is 32.2. The van der Waals surface area contributed by atoms with Gasteiger partial charge < -0.3 is 19.7 Å². The normalized spacial score (nSPS) is 16.7. The van der Waals surface area contributed by atoms with Crippen LogP contribution in [0.3, 0.4) is 0 Å². The van der Waals surface area contributed by atoms with Crippen molar-refractivity contribution in [2.75, 3.05) is 19.5 Å². The minimum atomic E-state index is -0.403. The number of anilines is 1. The fourth-order valence-corrected chi connectivity index (χ4v) is 4.45. The predicted molar refractivity (Wildman–Crippen MR) is 141 cm³/mol. The number of amides is 1. The maximum atomic E-state index is 14.5. The first-order valence-corrected chi connectivity index (χ1v) is 12.5. The van der Waals surface area contributed by atoms with Crippen molar-refractivity contribution in [3.63, 3.8) is 0 Å². The second kappa shape index (κ2) is 13.2. The van der Waals surface area contributed by atoms with Gasteiger partial charge in [0.05, 0.1) is 18.5 Å². The molecule has 0 spiro atoms. The van der Waals surface area contributed by atoms with E-state index in [2.05, 4.69) is 10.0 Å². The summed E-state index contributed by atoms with van der Waals surface area (Å²) in [5.74, 6) is 0.0916. The Labute approximate surface area is 211 Å². The molecule has 0 heterocycles. The number of allylic oxidation sites excluding steroid dienone is 2. The SMILES string of the molecule is CC.COc1ccc(C2CC2SN/C(C=C(C)C)=C(\Nc2ccc(C)cc2F)N(C)C=O)cc1F. The minimum Gasteiger partial charge on any atom is -0.494 e. The average Bonchev–Trinajstić information content (AvgIpc) is 3.61. The third-order valence-electron chi connectivity index (χ3n) is 5.23. The number of rotatable bonds is 10. The molecule has 0 bridgehead atoms. The number of hydrogen-bond acceptors (Lipinski definition) is 5. The van der Waals surface area contributed by atoms with Crippen molar-refractivity contribution in [2.45, 2.75) is 52.2 Å². The number of carbonyl (C=O) groups is 1. The molecule has 2 aromatic rings. The summed E-state index contributed by atoms with van der Waals surface area (Å²) in [4.78, 5) is 13.0. The third kappa shape index (κ3) is 7.75. The topological polar surface area (TPSA) is 53.6 Å². The molecule has 190 valence electrons. The third-order valence-corrected chi connectivity index (χ3v) is 6.39. The van der Waals surface area contributed by atoms with Crippen molar-refractivity contribution in [1.29, 1.82) is 0 Å². The summed E-state index contributed by atoms with van der Waals surface area (Å²) in [7, 11) is 3.05. The molecule has 1 fully saturated rings. The van der Waals surface area contributed by atoms with E-state index in [9.17, 15) is 13.6 Å². The molecule has 8 heteroatoms. The van der Waals surface area contributed by atoms with Crippen molar-refractivity contribution in [1.82, 2.24) is 9.62 Å². The minimum absolute atomic E-state index is 0.214. The smallest absolute Gasteiger partial charge is 0.215 e. The zero-order chi connectivity index (χ0) is 26.1. The van der Waals surface area contributed by atoms with Gasteiger partial charge in [-0.15, -0.1) is 0 Å². The van der Waals surface area contributed by atoms with Crippen LogP contribution in [0.2, 0.25) is 0 Å². The summed E-state index contributed by atoms with van der Waals surface area (Å²) in [6.45, 7) is 9.70. The van der Waals surface area contributed by atoms with Gasteiger partial charge in [-0.05, 0) is 86.5 Å². The number of nitrogens with zero attached hydrogens (tertiary/aromatic N) is 1. The summed E-state index contributed by atoms with van der Waals surface area (Å²) >= 11 is 1.50. The Hall–Kier alpha value is -3.00. The number of ether oxygens (including phenoxy) is 1. The standard InChI is InChI=1S/C25H29F2N3O2S.C2H6/c1-15(2)10-22(25(30(4)14-31)28-21-8-6-16(3)11-19(21)26)29-33-24-13-18(24)17-7-9-23(32-5)20(27)12-17;1-2/h6-12,14,18,24,28-29H,13H2,1-5H3;1-2H3/b25-22+;. The van der Waals surface area contributed by atoms with Crippen LogP contribution in [0.5, 0.6) is 5.75 Å². The summed E-state index contributed by atoms with van der Waals surface area (Å²) in [6.07, 6.45) is 3.45. The van der Waals surface area contributed by atoms with Crippen LogP contribution < -0.4 is 14.8 Å². The highest BCUT2D eigenvalue weighted by Crippen LogP contribution is 2.49.